The van der Waals surface area contributed by atoms with E-state index >= 15 is 0 Å². The first-order valence-corrected chi connectivity index (χ1v) is 4.97. The van der Waals surface area contributed by atoms with Crippen molar-refractivity contribution in [3.8, 4) is 0 Å². The van der Waals surface area contributed by atoms with Crippen molar-refractivity contribution in [2.45, 2.75) is 0 Å². The van der Waals surface area contributed by atoms with E-state index in [1.165, 1.54) is 0 Å². The standard InChI is InChI=1S/C12H7BO3/c13-10-3-1-2-6-4-8-9(5-7(6)10)12(15)16-11(8)14/h1-5H,13H2. The van der Waals surface area contributed by atoms with Gasteiger partial charge >= 0.3 is 11.9 Å². The van der Waals surface area contributed by atoms with Crippen molar-refractivity contribution < 1.29 is 14.3 Å². The highest BCUT2D eigenvalue weighted by Crippen LogP contribution is 2.24. The molecule has 16 heavy (non-hydrogen) atoms. The van der Waals surface area contributed by atoms with Gasteiger partial charge in [0, 0.05) is 0 Å². The summed E-state index contributed by atoms with van der Waals surface area (Å²) in [5.74, 6) is -1.10. The summed E-state index contributed by atoms with van der Waals surface area (Å²) >= 11 is 0. The molecular formula is C12H7BO3. The van der Waals surface area contributed by atoms with Crippen molar-refractivity contribution in [1.82, 2.24) is 0 Å². The fraction of sp³-hybridized carbons (Fsp3) is 0. The van der Waals surface area contributed by atoms with Crippen molar-refractivity contribution >= 4 is 36.0 Å². The molecule has 0 aromatic heterocycles. The lowest BCUT2D eigenvalue weighted by Gasteiger charge is -2.02. The third-order valence-electron chi connectivity index (χ3n) is 2.86. The summed E-state index contributed by atoms with van der Waals surface area (Å²) in [7, 11) is 1.97. The van der Waals surface area contributed by atoms with Crippen molar-refractivity contribution in [3.05, 3.63) is 41.5 Å². The van der Waals surface area contributed by atoms with E-state index in [0.717, 1.165) is 16.2 Å². The number of carbonyl (C=O) groups is 2. The lowest BCUT2D eigenvalue weighted by atomic mass is 9.88. The van der Waals surface area contributed by atoms with Gasteiger partial charge in [-0.3, -0.25) is 0 Å². The van der Waals surface area contributed by atoms with Gasteiger partial charge in [-0.2, -0.15) is 0 Å². The van der Waals surface area contributed by atoms with Gasteiger partial charge in [0.25, 0.3) is 0 Å². The highest BCUT2D eigenvalue weighted by Gasteiger charge is 2.29. The summed E-state index contributed by atoms with van der Waals surface area (Å²) in [4.78, 5) is 22.7. The van der Waals surface area contributed by atoms with Crippen LogP contribution in [0.5, 0.6) is 0 Å². The van der Waals surface area contributed by atoms with Crippen LogP contribution in [0.2, 0.25) is 0 Å². The summed E-state index contributed by atoms with van der Waals surface area (Å²) in [6.07, 6.45) is 0. The zero-order valence-corrected chi connectivity index (χ0v) is 8.61. The maximum absolute atomic E-state index is 11.4. The van der Waals surface area contributed by atoms with Gasteiger partial charge in [0.1, 0.15) is 7.85 Å². The predicted octanol–water partition coefficient (Wildman–Crippen LogP) is 0.409. The second-order valence-corrected chi connectivity index (χ2v) is 3.87. The summed E-state index contributed by atoms with van der Waals surface area (Å²) in [5, 5.41) is 1.93. The zero-order valence-electron chi connectivity index (χ0n) is 8.61. The summed E-state index contributed by atoms with van der Waals surface area (Å²) in [6.45, 7) is 0. The van der Waals surface area contributed by atoms with Crippen molar-refractivity contribution in [2.75, 3.05) is 0 Å². The van der Waals surface area contributed by atoms with Crippen LogP contribution in [0.3, 0.4) is 0 Å². The molecule has 1 aliphatic rings. The van der Waals surface area contributed by atoms with Gasteiger partial charge in [-0.15, -0.1) is 0 Å². The lowest BCUT2D eigenvalue weighted by Crippen LogP contribution is -2.04. The van der Waals surface area contributed by atoms with Crippen LogP contribution in [-0.2, 0) is 4.74 Å². The topological polar surface area (TPSA) is 43.4 Å². The third-order valence-corrected chi connectivity index (χ3v) is 2.86. The maximum Gasteiger partial charge on any atom is 0.346 e. The highest BCUT2D eigenvalue weighted by atomic mass is 16.6. The Bertz CT molecular complexity index is 646. The molecule has 1 aliphatic heterocycles. The van der Waals surface area contributed by atoms with Crippen molar-refractivity contribution in [1.29, 1.82) is 0 Å². The van der Waals surface area contributed by atoms with Crippen LogP contribution in [0, 0.1) is 0 Å². The molecule has 0 saturated carbocycles. The number of esters is 2. The molecule has 4 heteroatoms. The van der Waals surface area contributed by atoms with E-state index in [9.17, 15) is 9.59 Å². The average Bonchev–Trinajstić information content (AvgIpc) is 2.53. The molecule has 0 radical (unpaired) electrons. The second-order valence-electron chi connectivity index (χ2n) is 3.87. The minimum atomic E-state index is -0.552. The van der Waals surface area contributed by atoms with Crippen LogP contribution in [0.4, 0.5) is 0 Å². The summed E-state index contributed by atoms with van der Waals surface area (Å²) < 4.78 is 4.56. The van der Waals surface area contributed by atoms with Crippen LogP contribution in [0.1, 0.15) is 20.7 Å². The number of fused-ring (bicyclic) bond motifs is 2. The smallest absolute Gasteiger partial charge is 0.346 e. The molecule has 3 nitrogen and oxygen atoms in total. The van der Waals surface area contributed by atoms with E-state index in [2.05, 4.69) is 4.74 Å². The van der Waals surface area contributed by atoms with E-state index in [0.29, 0.717) is 11.1 Å². The molecule has 0 bridgehead atoms. The minimum Gasteiger partial charge on any atom is -0.386 e. The fourth-order valence-electron chi connectivity index (χ4n) is 2.01. The molecule has 2 aromatic rings. The van der Waals surface area contributed by atoms with Crippen LogP contribution >= 0.6 is 0 Å². The molecule has 1 heterocycles. The molecule has 0 amide bonds. The molecule has 0 atom stereocenters. The first kappa shape index (κ1) is 9.15. The summed E-state index contributed by atoms with van der Waals surface area (Å²) in [5.41, 5.74) is 1.81. The molecule has 0 unspecified atom stereocenters. The Morgan fingerprint density at radius 3 is 2.44 bits per heavy atom. The molecule has 76 valence electrons. The molecule has 0 spiro atoms. The fourth-order valence-corrected chi connectivity index (χ4v) is 2.01. The normalized spacial score (nSPS) is 14.0. The molecule has 3 rings (SSSR count). The van der Waals surface area contributed by atoms with Gasteiger partial charge in [0.05, 0.1) is 11.1 Å². The second kappa shape index (κ2) is 2.95. The van der Waals surface area contributed by atoms with Crippen molar-refractivity contribution in [2.24, 2.45) is 0 Å². The number of hydrogen-bond donors (Lipinski definition) is 0. The first-order valence-electron chi connectivity index (χ1n) is 4.97. The van der Waals surface area contributed by atoms with Crippen LogP contribution in [-0.4, -0.2) is 19.8 Å². The summed E-state index contributed by atoms with van der Waals surface area (Å²) in [6, 6.07) is 9.25. The van der Waals surface area contributed by atoms with Gasteiger partial charge in [0.2, 0.25) is 0 Å². The Balaban J connectivity index is 2.43. The Kier molecular flexibility index (Phi) is 1.69. The number of carbonyl (C=O) groups excluding carboxylic acids is 2. The van der Waals surface area contributed by atoms with E-state index in [1.807, 2.05) is 26.0 Å². The van der Waals surface area contributed by atoms with Gasteiger partial charge in [0.15, 0.2) is 0 Å². The van der Waals surface area contributed by atoms with Gasteiger partial charge < -0.3 is 4.74 Å². The molecular weight excluding hydrogens is 203 g/mol. The lowest BCUT2D eigenvalue weighted by molar-refractivity contribution is 0.0444. The Hall–Kier alpha value is -2.10. The van der Waals surface area contributed by atoms with Crippen LogP contribution in [0.15, 0.2) is 30.3 Å². The Morgan fingerprint density at radius 2 is 1.69 bits per heavy atom. The van der Waals surface area contributed by atoms with Gasteiger partial charge in [-0.1, -0.05) is 23.7 Å². The largest absolute Gasteiger partial charge is 0.386 e. The molecule has 0 aliphatic carbocycles. The molecule has 0 N–H and O–H groups in total. The number of rotatable bonds is 0. The number of hydrogen-bond acceptors (Lipinski definition) is 3. The number of cyclic esters (lactones) is 2. The van der Waals surface area contributed by atoms with E-state index in [1.54, 1.807) is 12.1 Å². The molecule has 0 fully saturated rings. The Morgan fingerprint density at radius 1 is 1.00 bits per heavy atom. The minimum absolute atomic E-state index is 0.364. The predicted molar refractivity (Wildman–Crippen MR) is 61.9 cm³/mol. The quantitative estimate of drug-likeness (QED) is 0.359. The van der Waals surface area contributed by atoms with Gasteiger partial charge in [-0.25, -0.2) is 9.59 Å². The van der Waals surface area contributed by atoms with E-state index < -0.39 is 11.9 Å². The monoisotopic (exact) mass is 210 g/mol. The first-order chi connectivity index (χ1) is 7.66. The van der Waals surface area contributed by atoms with E-state index in [-0.39, 0.29) is 0 Å². The maximum atomic E-state index is 11.4. The SMILES string of the molecule is Bc1cccc2cc3c(cc12)C(=O)OC3=O. The molecule has 0 saturated heterocycles. The van der Waals surface area contributed by atoms with Crippen LogP contribution in [0.25, 0.3) is 10.8 Å². The van der Waals surface area contributed by atoms with Gasteiger partial charge in [-0.05, 0) is 22.9 Å². The van der Waals surface area contributed by atoms with Crippen molar-refractivity contribution in [3.63, 3.8) is 0 Å². The van der Waals surface area contributed by atoms with E-state index in [4.69, 9.17) is 0 Å². The Labute approximate surface area is 92.4 Å². The molecule has 2 aromatic carbocycles. The third kappa shape index (κ3) is 1.10. The number of ether oxygens (including phenoxy) is 1. The zero-order chi connectivity index (χ0) is 11.3. The number of benzene rings is 2. The van der Waals surface area contributed by atoms with Crippen LogP contribution < -0.4 is 5.46 Å². The average molecular weight is 210 g/mol. The highest BCUT2D eigenvalue weighted by molar-refractivity contribution is 6.39.